The quantitative estimate of drug-likeness (QED) is 0.669. The minimum atomic E-state index is -0.288. The van der Waals surface area contributed by atoms with Crippen molar-refractivity contribution in [3.8, 4) is 0 Å². The van der Waals surface area contributed by atoms with Crippen LogP contribution in [0.4, 0.5) is 5.69 Å². The molecule has 5 nitrogen and oxygen atoms in total. The van der Waals surface area contributed by atoms with E-state index in [9.17, 15) is 14.4 Å². The molecular formula is C20H17BrN2O3S. The number of carbonyl (C=O) groups is 3. The Kier molecular flexibility index (Phi) is 5.06. The maximum atomic E-state index is 12.7. The van der Waals surface area contributed by atoms with Gasteiger partial charge in [-0.1, -0.05) is 28.1 Å². The number of rotatable bonds is 4. The predicted molar refractivity (Wildman–Crippen MR) is 108 cm³/mol. The molecule has 27 heavy (non-hydrogen) atoms. The molecule has 0 unspecified atom stereocenters. The van der Waals surface area contributed by atoms with Gasteiger partial charge in [0.1, 0.15) is 0 Å². The summed E-state index contributed by atoms with van der Waals surface area (Å²) in [6.07, 6.45) is 0.757. The smallest absolute Gasteiger partial charge is 0.261 e. The zero-order chi connectivity index (χ0) is 19.0. The Balaban J connectivity index is 1.39. The van der Waals surface area contributed by atoms with Crippen molar-refractivity contribution in [2.24, 2.45) is 0 Å². The molecule has 0 spiro atoms. The lowest BCUT2D eigenvalue weighted by Crippen LogP contribution is -2.36. The summed E-state index contributed by atoms with van der Waals surface area (Å²) in [5.41, 5.74) is 1.79. The molecule has 2 aromatic carbocycles. The topological polar surface area (TPSA) is 57.7 Å². The molecule has 0 saturated carbocycles. The second kappa shape index (κ2) is 7.48. The molecule has 4 rings (SSSR count). The fourth-order valence-corrected chi connectivity index (χ4v) is 4.77. The third-order valence-corrected chi connectivity index (χ3v) is 6.27. The highest BCUT2D eigenvalue weighted by Gasteiger charge is 2.35. The SMILES string of the molecule is O=C1c2ccc(Br)cc2C(=O)N1CCCC(=O)N1CCSc2ccccc21. The minimum absolute atomic E-state index is 0.0297. The maximum absolute atomic E-state index is 12.7. The molecular weight excluding hydrogens is 428 g/mol. The summed E-state index contributed by atoms with van der Waals surface area (Å²) >= 11 is 5.08. The number of anilines is 1. The lowest BCUT2D eigenvalue weighted by atomic mass is 10.1. The van der Waals surface area contributed by atoms with Crippen molar-refractivity contribution >= 4 is 51.1 Å². The van der Waals surface area contributed by atoms with Gasteiger partial charge in [0.25, 0.3) is 11.8 Å². The highest BCUT2D eigenvalue weighted by molar-refractivity contribution is 9.10. The highest BCUT2D eigenvalue weighted by Crippen LogP contribution is 2.34. The predicted octanol–water partition coefficient (Wildman–Crippen LogP) is 3.96. The lowest BCUT2D eigenvalue weighted by molar-refractivity contribution is -0.118. The van der Waals surface area contributed by atoms with E-state index < -0.39 is 0 Å². The third kappa shape index (κ3) is 3.41. The molecule has 2 heterocycles. The fraction of sp³-hybridized carbons (Fsp3) is 0.250. The average Bonchev–Trinajstić information content (AvgIpc) is 2.91. The van der Waals surface area contributed by atoms with E-state index >= 15 is 0 Å². The number of nitrogens with zero attached hydrogens (tertiary/aromatic N) is 2. The molecule has 2 aliphatic rings. The molecule has 0 aliphatic carbocycles. The largest absolute Gasteiger partial charge is 0.310 e. The molecule has 2 aromatic rings. The molecule has 0 bridgehead atoms. The third-order valence-electron chi connectivity index (χ3n) is 4.73. The van der Waals surface area contributed by atoms with E-state index in [1.165, 1.54) is 4.90 Å². The Morgan fingerprint density at radius 3 is 2.70 bits per heavy atom. The van der Waals surface area contributed by atoms with Crippen LogP contribution >= 0.6 is 27.7 Å². The van der Waals surface area contributed by atoms with Gasteiger partial charge in [-0.3, -0.25) is 19.3 Å². The number of hydrogen-bond donors (Lipinski definition) is 0. The van der Waals surface area contributed by atoms with Crippen LogP contribution in [0.15, 0.2) is 51.8 Å². The Hall–Kier alpha value is -2.12. The molecule has 3 amide bonds. The number of halogens is 1. The molecule has 138 valence electrons. The Morgan fingerprint density at radius 2 is 1.85 bits per heavy atom. The van der Waals surface area contributed by atoms with Gasteiger partial charge < -0.3 is 4.90 Å². The minimum Gasteiger partial charge on any atom is -0.310 e. The van der Waals surface area contributed by atoms with E-state index in [2.05, 4.69) is 15.9 Å². The van der Waals surface area contributed by atoms with Crippen molar-refractivity contribution in [2.75, 3.05) is 23.7 Å². The maximum Gasteiger partial charge on any atom is 0.261 e. The lowest BCUT2D eigenvalue weighted by Gasteiger charge is -2.29. The number of thioether (sulfide) groups is 1. The van der Waals surface area contributed by atoms with Crippen molar-refractivity contribution in [2.45, 2.75) is 17.7 Å². The van der Waals surface area contributed by atoms with Crippen molar-refractivity contribution in [3.05, 3.63) is 58.1 Å². The Bertz CT molecular complexity index is 947. The van der Waals surface area contributed by atoms with Crippen molar-refractivity contribution < 1.29 is 14.4 Å². The number of fused-ring (bicyclic) bond motifs is 2. The molecule has 0 atom stereocenters. The molecule has 0 saturated heterocycles. The van der Waals surface area contributed by atoms with E-state index in [0.29, 0.717) is 30.5 Å². The van der Waals surface area contributed by atoms with Crippen molar-refractivity contribution in [1.82, 2.24) is 4.90 Å². The summed E-state index contributed by atoms with van der Waals surface area (Å²) in [5.74, 6) is 0.330. The van der Waals surface area contributed by atoms with Crippen LogP contribution in [0.5, 0.6) is 0 Å². The first-order valence-corrected chi connectivity index (χ1v) is 10.5. The van der Waals surface area contributed by atoms with Crippen molar-refractivity contribution in [3.63, 3.8) is 0 Å². The summed E-state index contributed by atoms with van der Waals surface area (Å²) in [4.78, 5) is 41.8. The van der Waals surface area contributed by atoms with Crippen LogP contribution in [-0.2, 0) is 4.79 Å². The summed E-state index contributed by atoms with van der Waals surface area (Å²) < 4.78 is 0.765. The van der Waals surface area contributed by atoms with Gasteiger partial charge in [-0.25, -0.2) is 0 Å². The van der Waals surface area contributed by atoms with Gasteiger partial charge in [0.15, 0.2) is 0 Å². The second-order valence-electron chi connectivity index (χ2n) is 6.42. The zero-order valence-corrected chi connectivity index (χ0v) is 16.9. The van der Waals surface area contributed by atoms with E-state index in [4.69, 9.17) is 0 Å². The van der Waals surface area contributed by atoms with Gasteiger partial charge in [-0.2, -0.15) is 0 Å². The molecule has 0 fully saturated rings. The number of carbonyl (C=O) groups excluding carboxylic acids is 3. The second-order valence-corrected chi connectivity index (χ2v) is 8.47. The first-order valence-electron chi connectivity index (χ1n) is 8.74. The number of hydrogen-bond acceptors (Lipinski definition) is 4. The standard InChI is InChI=1S/C20H17BrN2O3S/c21-13-7-8-14-15(12-13)20(26)23(19(14)25)9-3-6-18(24)22-10-11-27-17-5-2-1-4-16(17)22/h1-2,4-5,7-8,12H,3,6,9-11H2. The van der Waals surface area contributed by atoms with Crippen LogP contribution in [0, 0.1) is 0 Å². The van der Waals surface area contributed by atoms with E-state index in [1.54, 1.807) is 30.0 Å². The zero-order valence-electron chi connectivity index (χ0n) is 14.5. The van der Waals surface area contributed by atoms with Crippen LogP contribution in [-0.4, -0.2) is 41.5 Å². The fourth-order valence-electron chi connectivity index (χ4n) is 3.42. The van der Waals surface area contributed by atoms with Gasteiger partial charge in [0.2, 0.25) is 5.91 Å². The van der Waals surface area contributed by atoms with Crippen LogP contribution in [0.2, 0.25) is 0 Å². The first-order chi connectivity index (χ1) is 13.1. The Morgan fingerprint density at radius 1 is 1.07 bits per heavy atom. The molecule has 0 aromatic heterocycles. The monoisotopic (exact) mass is 444 g/mol. The summed E-state index contributed by atoms with van der Waals surface area (Å²) in [6, 6.07) is 13.0. The van der Waals surface area contributed by atoms with Gasteiger partial charge in [0, 0.05) is 34.6 Å². The molecule has 2 aliphatic heterocycles. The number of benzene rings is 2. The number of imide groups is 1. The van der Waals surface area contributed by atoms with Crippen LogP contribution in [0.1, 0.15) is 33.6 Å². The Labute approximate surface area is 169 Å². The van der Waals surface area contributed by atoms with Crippen molar-refractivity contribution in [1.29, 1.82) is 0 Å². The number of para-hydroxylation sites is 1. The van der Waals surface area contributed by atoms with Crippen LogP contribution in [0.3, 0.4) is 0 Å². The average molecular weight is 445 g/mol. The van der Waals surface area contributed by atoms with Crippen LogP contribution < -0.4 is 4.90 Å². The first kappa shape index (κ1) is 18.3. The number of amides is 3. The summed E-state index contributed by atoms with van der Waals surface area (Å²) in [6.45, 7) is 0.932. The van der Waals surface area contributed by atoms with Gasteiger partial charge >= 0.3 is 0 Å². The van der Waals surface area contributed by atoms with Gasteiger partial charge in [-0.15, -0.1) is 11.8 Å². The van der Waals surface area contributed by atoms with Gasteiger partial charge in [0.05, 0.1) is 16.8 Å². The van der Waals surface area contributed by atoms with E-state index in [1.807, 2.05) is 29.2 Å². The van der Waals surface area contributed by atoms with E-state index in [0.717, 1.165) is 20.8 Å². The normalized spacial score (nSPS) is 15.7. The summed E-state index contributed by atoms with van der Waals surface area (Å²) in [5, 5.41) is 0. The van der Waals surface area contributed by atoms with E-state index in [-0.39, 0.29) is 24.3 Å². The van der Waals surface area contributed by atoms with Crippen LogP contribution in [0.25, 0.3) is 0 Å². The molecule has 7 heteroatoms. The summed E-state index contributed by atoms with van der Waals surface area (Å²) in [7, 11) is 0. The van der Waals surface area contributed by atoms with Gasteiger partial charge in [-0.05, 0) is 36.8 Å². The highest BCUT2D eigenvalue weighted by atomic mass is 79.9. The molecule has 0 radical (unpaired) electrons. The molecule has 0 N–H and O–H groups in total.